The fraction of sp³-hybridized carbons (Fsp3) is 0.900. The number of ether oxygens (including phenoxy) is 1. The zero-order chi connectivity index (χ0) is 10.6. The molecule has 1 rings (SSSR count). The quantitative estimate of drug-likeness (QED) is 0.726. The van der Waals surface area contributed by atoms with E-state index in [1.807, 2.05) is 0 Å². The molecule has 2 unspecified atom stereocenters. The van der Waals surface area contributed by atoms with E-state index in [2.05, 4.69) is 19.2 Å². The maximum atomic E-state index is 11.7. The molecule has 0 aromatic rings. The molecular formula is C10H18ClNO2. The largest absolute Gasteiger partial charge is 0.381 e. The molecule has 1 N–H and O–H groups in total. The molecule has 2 atom stereocenters. The Morgan fingerprint density at radius 2 is 2.36 bits per heavy atom. The van der Waals surface area contributed by atoms with E-state index in [0.717, 1.165) is 6.42 Å². The Kier molecular flexibility index (Phi) is 4.69. The highest BCUT2D eigenvalue weighted by Crippen LogP contribution is 2.13. The first kappa shape index (κ1) is 11.8. The normalized spacial score (nSPS) is 23.9. The Hall–Kier alpha value is -0.280. The minimum Gasteiger partial charge on any atom is -0.381 e. The minimum atomic E-state index is 0.0273. The summed E-state index contributed by atoms with van der Waals surface area (Å²) in [6.45, 7) is 5.36. The van der Waals surface area contributed by atoms with Gasteiger partial charge in [-0.05, 0) is 12.3 Å². The number of hydrogen-bond donors (Lipinski definition) is 1. The molecule has 4 heteroatoms. The highest BCUT2D eigenvalue weighted by molar-refractivity contribution is 6.18. The second-order valence-corrected chi connectivity index (χ2v) is 4.38. The van der Waals surface area contributed by atoms with Gasteiger partial charge in [-0.3, -0.25) is 4.79 Å². The van der Waals surface area contributed by atoms with Crippen LogP contribution in [0, 0.1) is 11.8 Å². The van der Waals surface area contributed by atoms with E-state index in [4.69, 9.17) is 16.3 Å². The molecular weight excluding hydrogens is 202 g/mol. The van der Waals surface area contributed by atoms with E-state index >= 15 is 0 Å². The van der Waals surface area contributed by atoms with Crippen molar-refractivity contribution >= 4 is 17.5 Å². The van der Waals surface area contributed by atoms with Crippen molar-refractivity contribution in [3.05, 3.63) is 0 Å². The molecule has 1 aliphatic heterocycles. The van der Waals surface area contributed by atoms with E-state index in [9.17, 15) is 4.79 Å². The fourth-order valence-corrected chi connectivity index (χ4v) is 1.86. The van der Waals surface area contributed by atoms with Gasteiger partial charge in [0, 0.05) is 18.5 Å². The maximum Gasteiger partial charge on any atom is 0.225 e. The Bertz CT molecular complexity index is 191. The summed E-state index contributed by atoms with van der Waals surface area (Å²) in [4.78, 5) is 11.7. The Labute approximate surface area is 90.1 Å². The average Bonchev–Trinajstić information content (AvgIpc) is 2.65. The average molecular weight is 220 g/mol. The van der Waals surface area contributed by atoms with Crippen LogP contribution in [0.25, 0.3) is 0 Å². The van der Waals surface area contributed by atoms with Gasteiger partial charge in [0.15, 0.2) is 0 Å². The predicted molar refractivity (Wildman–Crippen MR) is 56.4 cm³/mol. The molecule has 0 aliphatic carbocycles. The van der Waals surface area contributed by atoms with Crippen molar-refractivity contribution in [2.24, 2.45) is 11.8 Å². The van der Waals surface area contributed by atoms with Gasteiger partial charge in [0.1, 0.15) is 0 Å². The summed E-state index contributed by atoms with van der Waals surface area (Å²) < 4.78 is 5.16. The van der Waals surface area contributed by atoms with Crippen LogP contribution in [-0.4, -0.2) is 31.0 Å². The van der Waals surface area contributed by atoms with Crippen LogP contribution in [0.1, 0.15) is 20.3 Å². The monoisotopic (exact) mass is 219 g/mol. The molecule has 0 radical (unpaired) electrons. The second-order valence-electron chi connectivity index (χ2n) is 4.07. The summed E-state index contributed by atoms with van der Waals surface area (Å²) in [5, 5.41) is 2.96. The van der Waals surface area contributed by atoms with Gasteiger partial charge in [0.25, 0.3) is 0 Å². The van der Waals surface area contributed by atoms with Crippen molar-refractivity contribution < 1.29 is 9.53 Å². The molecule has 1 heterocycles. The van der Waals surface area contributed by atoms with E-state index in [1.165, 1.54) is 0 Å². The first-order valence-electron chi connectivity index (χ1n) is 5.09. The highest BCUT2D eigenvalue weighted by atomic mass is 35.5. The highest BCUT2D eigenvalue weighted by Gasteiger charge is 2.25. The SMILES string of the molecule is CC(C)C(CCl)NC(=O)C1CCOC1. The smallest absolute Gasteiger partial charge is 0.225 e. The van der Waals surface area contributed by atoms with Crippen LogP contribution in [-0.2, 0) is 9.53 Å². The molecule has 1 amide bonds. The molecule has 1 fully saturated rings. The lowest BCUT2D eigenvalue weighted by molar-refractivity contribution is -0.125. The summed E-state index contributed by atoms with van der Waals surface area (Å²) >= 11 is 5.77. The molecule has 1 saturated heterocycles. The zero-order valence-corrected chi connectivity index (χ0v) is 9.51. The Morgan fingerprint density at radius 3 is 2.79 bits per heavy atom. The van der Waals surface area contributed by atoms with Gasteiger partial charge < -0.3 is 10.1 Å². The van der Waals surface area contributed by atoms with Gasteiger partial charge >= 0.3 is 0 Å². The number of alkyl halides is 1. The van der Waals surface area contributed by atoms with Crippen LogP contribution in [0.2, 0.25) is 0 Å². The van der Waals surface area contributed by atoms with Crippen LogP contribution in [0.4, 0.5) is 0 Å². The van der Waals surface area contributed by atoms with E-state index in [0.29, 0.717) is 25.0 Å². The van der Waals surface area contributed by atoms with E-state index in [-0.39, 0.29) is 17.9 Å². The van der Waals surface area contributed by atoms with Crippen molar-refractivity contribution in [2.75, 3.05) is 19.1 Å². The number of carbonyl (C=O) groups is 1. The number of nitrogens with one attached hydrogen (secondary N) is 1. The summed E-state index contributed by atoms with van der Waals surface area (Å²) in [6, 6.07) is 0.0739. The van der Waals surface area contributed by atoms with Gasteiger partial charge in [-0.25, -0.2) is 0 Å². The lowest BCUT2D eigenvalue weighted by atomic mass is 10.0. The van der Waals surface area contributed by atoms with Crippen molar-refractivity contribution in [1.29, 1.82) is 0 Å². The standard InChI is InChI=1S/C10H18ClNO2/c1-7(2)9(5-11)12-10(13)8-3-4-14-6-8/h7-9H,3-6H2,1-2H3,(H,12,13). The Balaban J connectivity index is 2.37. The second kappa shape index (κ2) is 5.56. The molecule has 3 nitrogen and oxygen atoms in total. The number of halogens is 1. The third-order valence-corrected chi connectivity index (χ3v) is 2.93. The third-order valence-electron chi connectivity index (χ3n) is 2.60. The first-order valence-corrected chi connectivity index (χ1v) is 5.62. The minimum absolute atomic E-state index is 0.0273. The molecule has 1 aliphatic rings. The summed E-state index contributed by atoms with van der Waals surface area (Å²) in [5.74, 6) is 0.955. The van der Waals surface area contributed by atoms with E-state index in [1.54, 1.807) is 0 Å². The first-order chi connectivity index (χ1) is 6.65. The fourth-order valence-electron chi connectivity index (χ4n) is 1.43. The van der Waals surface area contributed by atoms with Gasteiger partial charge in [-0.2, -0.15) is 0 Å². The zero-order valence-electron chi connectivity index (χ0n) is 8.75. The Morgan fingerprint density at radius 1 is 1.64 bits per heavy atom. The molecule has 0 aromatic carbocycles. The van der Waals surface area contributed by atoms with E-state index < -0.39 is 0 Å². The number of amides is 1. The number of hydrogen-bond acceptors (Lipinski definition) is 2. The summed E-state index contributed by atoms with van der Waals surface area (Å²) in [6.07, 6.45) is 0.832. The molecule has 14 heavy (non-hydrogen) atoms. The topological polar surface area (TPSA) is 38.3 Å². The van der Waals surface area contributed by atoms with Gasteiger partial charge in [0.2, 0.25) is 5.91 Å². The number of rotatable bonds is 4. The van der Waals surface area contributed by atoms with Gasteiger partial charge in [-0.15, -0.1) is 11.6 Å². The van der Waals surface area contributed by atoms with Crippen molar-refractivity contribution in [2.45, 2.75) is 26.3 Å². The van der Waals surface area contributed by atoms with Crippen LogP contribution < -0.4 is 5.32 Å². The lowest BCUT2D eigenvalue weighted by Crippen LogP contribution is -2.43. The maximum absolute atomic E-state index is 11.7. The van der Waals surface area contributed by atoms with Crippen LogP contribution in [0.15, 0.2) is 0 Å². The lowest BCUT2D eigenvalue weighted by Gasteiger charge is -2.21. The van der Waals surface area contributed by atoms with Crippen LogP contribution in [0.5, 0.6) is 0 Å². The van der Waals surface area contributed by atoms with Gasteiger partial charge in [-0.1, -0.05) is 13.8 Å². The third kappa shape index (κ3) is 3.14. The predicted octanol–water partition coefficient (Wildman–Crippen LogP) is 1.40. The summed E-state index contributed by atoms with van der Waals surface area (Å²) in [7, 11) is 0. The molecule has 0 saturated carbocycles. The summed E-state index contributed by atoms with van der Waals surface area (Å²) in [5.41, 5.74) is 0. The van der Waals surface area contributed by atoms with Gasteiger partial charge in [0.05, 0.1) is 12.5 Å². The van der Waals surface area contributed by atoms with Crippen LogP contribution >= 0.6 is 11.6 Å². The molecule has 0 aromatic heterocycles. The van der Waals surface area contributed by atoms with Crippen molar-refractivity contribution in [1.82, 2.24) is 5.32 Å². The molecule has 0 bridgehead atoms. The van der Waals surface area contributed by atoms with Crippen molar-refractivity contribution in [3.63, 3.8) is 0 Å². The van der Waals surface area contributed by atoms with Crippen molar-refractivity contribution in [3.8, 4) is 0 Å². The molecule has 0 spiro atoms. The number of carbonyl (C=O) groups excluding carboxylic acids is 1. The molecule has 82 valence electrons. The van der Waals surface area contributed by atoms with Crippen LogP contribution in [0.3, 0.4) is 0 Å².